The number of rotatable bonds is 8. The molecular weight excluding hydrogens is 394 g/mol. The molecule has 0 fully saturated rings. The zero-order valence-corrected chi connectivity index (χ0v) is 17.1. The second kappa shape index (κ2) is 10.5. The van der Waals surface area contributed by atoms with Gasteiger partial charge in [0.15, 0.2) is 6.61 Å². The number of nitrogens with one attached hydrogen (secondary N) is 2. The van der Waals surface area contributed by atoms with E-state index in [9.17, 15) is 14.4 Å². The summed E-state index contributed by atoms with van der Waals surface area (Å²) in [4.78, 5) is 35.7. The average Bonchev–Trinajstić information content (AvgIpc) is 2.67. The Morgan fingerprint density at radius 1 is 1.14 bits per heavy atom. The molecule has 8 heteroatoms. The highest BCUT2D eigenvalue weighted by Crippen LogP contribution is 2.22. The van der Waals surface area contributed by atoms with Crippen LogP contribution in [0.15, 0.2) is 42.5 Å². The zero-order valence-electron chi connectivity index (χ0n) is 16.3. The third-order valence-electron chi connectivity index (χ3n) is 4.33. The second-order valence-electron chi connectivity index (χ2n) is 6.49. The summed E-state index contributed by atoms with van der Waals surface area (Å²) in [5, 5.41) is 5.80. The smallest absolute Gasteiger partial charge is 0.312 e. The van der Waals surface area contributed by atoms with Gasteiger partial charge in [-0.2, -0.15) is 0 Å². The van der Waals surface area contributed by atoms with E-state index in [1.54, 1.807) is 24.3 Å². The number of urea groups is 1. The Bertz CT molecular complexity index is 884. The highest BCUT2D eigenvalue weighted by molar-refractivity contribution is 6.30. The van der Waals surface area contributed by atoms with Crippen LogP contribution in [-0.2, 0) is 20.7 Å². The Hall–Kier alpha value is -3.06. The first-order valence-electron chi connectivity index (χ1n) is 9.15. The van der Waals surface area contributed by atoms with Gasteiger partial charge in [-0.1, -0.05) is 48.9 Å². The Kier molecular flexibility index (Phi) is 8.03. The van der Waals surface area contributed by atoms with Gasteiger partial charge >= 0.3 is 12.0 Å². The van der Waals surface area contributed by atoms with Crippen LogP contribution in [0.4, 0.5) is 10.5 Å². The van der Waals surface area contributed by atoms with Crippen LogP contribution in [0.2, 0.25) is 5.02 Å². The molecule has 154 valence electrons. The predicted octanol–water partition coefficient (Wildman–Crippen LogP) is 3.49. The molecule has 29 heavy (non-hydrogen) atoms. The minimum atomic E-state index is -0.776. The van der Waals surface area contributed by atoms with Gasteiger partial charge in [0.05, 0.1) is 12.5 Å². The molecule has 0 saturated carbocycles. The number of primary amides is 1. The maximum atomic E-state index is 12.2. The molecule has 1 atom stereocenters. The van der Waals surface area contributed by atoms with Crippen molar-refractivity contribution < 1.29 is 19.1 Å². The van der Waals surface area contributed by atoms with Crippen molar-refractivity contribution in [3.05, 3.63) is 64.2 Å². The van der Waals surface area contributed by atoms with E-state index in [1.807, 2.05) is 32.0 Å². The Balaban J connectivity index is 1.95. The summed E-state index contributed by atoms with van der Waals surface area (Å²) in [6, 6.07) is 10.9. The number of aryl methyl sites for hydroxylation is 2. The molecule has 0 aliphatic rings. The first kappa shape index (κ1) is 22.2. The SMILES string of the molecule is CCc1cccc(C)c1NC(=O)COC(=O)C[C@@H](NC(N)=O)c1ccc(Cl)cc1. The number of halogens is 1. The van der Waals surface area contributed by atoms with Gasteiger partial charge in [0.25, 0.3) is 5.91 Å². The molecule has 0 radical (unpaired) electrons. The lowest BCUT2D eigenvalue weighted by atomic mass is 10.0. The van der Waals surface area contributed by atoms with Crippen molar-refractivity contribution >= 4 is 35.2 Å². The summed E-state index contributed by atoms with van der Waals surface area (Å²) in [5.41, 5.74) is 8.49. The molecule has 0 aliphatic carbocycles. The lowest BCUT2D eigenvalue weighted by Gasteiger charge is -2.17. The summed E-state index contributed by atoms with van der Waals surface area (Å²) >= 11 is 5.86. The van der Waals surface area contributed by atoms with Crippen molar-refractivity contribution in [2.24, 2.45) is 5.73 Å². The monoisotopic (exact) mass is 417 g/mol. The van der Waals surface area contributed by atoms with E-state index in [2.05, 4.69) is 10.6 Å². The fourth-order valence-corrected chi connectivity index (χ4v) is 2.99. The van der Waals surface area contributed by atoms with Crippen LogP contribution in [0, 0.1) is 6.92 Å². The number of carbonyl (C=O) groups is 3. The highest BCUT2D eigenvalue weighted by Gasteiger charge is 2.19. The first-order valence-corrected chi connectivity index (χ1v) is 9.53. The van der Waals surface area contributed by atoms with Crippen LogP contribution in [-0.4, -0.2) is 24.5 Å². The summed E-state index contributed by atoms with van der Waals surface area (Å²) in [6.45, 7) is 3.46. The molecule has 0 aliphatic heterocycles. The lowest BCUT2D eigenvalue weighted by molar-refractivity contribution is -0.147. The Labute approximate surface area is 174 Å². The van der Waals surface area contributed by atoms with E-state index >= 15 is 0 Å². The molecule has 0 saturated heterocycles. The van der Waals surface area contributed by atoms with Crippen LogP contribution in [0.25, 0.3) is 0 Å². The number of anilines is 1. The van der Waals surface area contributed by atoms with Gasteiger partial charge in [0.1, 0.15) is 0 Å². The highest BCUT2D eigenvalue weighted by atomic mass is 35.5. The van der Waals surface area contributed by atoms with E-state index in [-0.39, 0.29) is 6.42 Å². The van der Waals surface area contributed by atoms with Gasteiger partial charge in [-0.3, -0.25) is 9.59 Å². The Morgan fingerprint density at radius 2 is 1.83 bits per heavy atom. The van der Waals surface area contributed by atoms with E-state index in [0.717, 1.165) is 23.2 Å². The van der Waals surface area contributed by atoms with E-state index in [0.29, 0.717) is 10.6 Å². The maximum absolute atomic E-state index is 12.2. The van der Waals surface area contributed by atoms with E-state index in [1.165, 1.54) is 0 Å². The van der Waals surface area contributed by atoms with Crippen molar-refractivity contribution in [1.82, 2.24) is 5.32 Å². The molecule has 0 aromatic heterocycles. The number of esters is 1. The number of para-hydroxylation sites is 1. The van der Waals surface area contributed by atoms with Crippen molar-refractivity contribution in [2.45, 2.75) is 32.7 Å². The number of amides is 3. The van der Waals surface area contributed by atoms with Crippen LogP contribution in [0.1, 0.15) is 36.1 Å². The number of hydrogen-bond donors (Lipinski definition) is 3. The Morgan fingerprint density at radius 3 is 2.45 bits per heavy atom. The van der Waals surface area contributed by atoms with E-state index in [4.69, 9.17) is 22.1 Å². The number of ether oxygens (including phenoxy) is 1. The number of hydrogen-bond acceptors (Lipinski definition) is 4. The normalized spacial score (nSPS) is 11.4. The molecular formula is C21H24ClN3O4. The quantitative estimate of drug-likeness (QED) is 0.571. The van der Waals surface area contributed by atoms with E-state index < -0.39 is 30.6 Å². The topological polar surface area (TPSA) is 111 Å². The molecule has 2 rings (SSSR count). The fourth-order valence-electron chi connectivity index (χ4n) is 2.87. The predicted molar refractivity (Wildman–Crippen MR) is 112 cm³/mol. The van der Waals surface area contributed by atoms with Crippen molar-refractivity contribution in [3.8, 4) is 0 Å². The zero-order chi connectivity index (χ0) is 21.4. The lowest BCUT2D eigenvalue weighted by Crippen LogP contribution is -2.35. The van der Waals surface area contributed by atoms with Gasteiger partial charge in [-0.05, 0) is 42.2 Å². The van der Waals surface area contributed by atoms with Crippen LogP contribution >= 0.6 is 11.6 Å². The standard InChI is InChI=1S/C21H24ClN3O4/c1-3-14-6-4-5-13(2)20(14)25-18(26)12-29-19(27)11-17(24-21(23)28)15-7-9-16(22)10-8-15/h4-10,17H,3,11-12H2,1-2H3,(H,25,26)(H3,23,24,28)/t17-/m1/s1. The summed E-state index contributed by atoms with van der Waals surface area (Å²) in [7, 11) is 0. The van der Waals surface area contributed by atoms with Gasteiger partial charge in [0, 0.05) is 10.7 Å². The minimum absolute atomic E-state index is 0.178. The molecule has 4 N–H and O–H groups in total. The van der Waals surface area contributed by atoms with Crippen LogP contribution < -0.4 is 16.4 Å². The van der Waals surface area contributed by atoms with Gasteiger partial charge < -0.3 is 21.1 Å². The first-order chi connectivity index (χ1) is 13.8. The third kappa shape index (κ3) is 6.80. The third-order valence-corrected chi connectivity index (χ3v) is 4.58. The fraction of sp³-hybridized carbons (Fsp3) is 0.286. The molecule has 0 unspecified atom stereocenters. The van der Waals surface area contributed by atoms with Crippen molar-refractivity contribution in [2.75, 3.05) is 11.9 Å². The molecule has 3 amide bonds. The largest absolute Gasteiger partial charge is 0.455 e. The molecule has 0 bridgehead atoms. The van der Waals surface area contributed by atoms with Crippen molar-refractivity contribution in [3.63, 3.8) is 0 Å². The van der Waals surface area contributed by atoms with Crippen LogP contribution in [0.5, 0.6) is 0 Å². The summed E-state index contributed by atoms with van der Waals surface area (Å²) in [5.74, 6) is -1.08. The molecule has 2 aromatic rings. The number of nitrogens with two attached hydrogens (primary N) is 1. The molecule has 0 heterocycles. The molecule has 7 nitrogen and oxygen atoms in total. The van der Waals surface area contributed by atoms with Crippen LogP contribution in [0.3, 0.4) is 0 Å². The second-order valence-corrected chi connectivity index (χ2v) is 6.92. The van der Waals surface area contributed by atoms with Gasteiger partial charge in [0.2, 0.25) is 0 Å². The molecule has 0 spiro atoms. The van der Waals surface area contributed by atoms with Crippen molar-refractivity contribution in [1.29, 1.82) is 0 Å². The maximum Gasteiger partial charge on any atom is 0.312 e. The molecule has 2 aromatic carbocycles. The number of carbonyl (C=O) groups excluding carboxylic acids is 3. The summed E-state index contributed by atoms with van der Waals surface area (Å²) < 4.78 is 5.08. The van der Waals surface area contributed by atoms with Gasteiger partial charge in [-0.25, -0.2) is 4.79 Å². The minimum Gasteiger partial charge on any atom is -0.455 e. The van der Waals surface area contributed by atoms with Gasteiger partial charge in [-0.15, -0.1) is 0 Å². The number of benzene rings is 2. The summed E-state index contributed by atoms with van der Waals surface area (Å²) in [6.07, 6.45) is 0.584. The average molecular weight is 418 g/mol.